The molecule has 0 spiro atoms. The fourth-order valence-corrected chi connectivity index (χ4v) is 3.07. The van der Waals surface area contributed by atoms with Crippen LogP contribution in [0.4, 0.5) is 21.5 Å². The molecule has 0 saturated carbocycles. The molecular formula is C18H19FN4O3. The van der Waals surface area contributed by atoms with E-state index < -0.39 is 4.92 Å². The smallest absolute Gasteiger partial charge is 0.293 e. The molecule has 2 aromatic rings. The van der Waals surface area contributed by atoms with E-state index in [0.29, 0.717) is 37.6 Å². The lowest BCUT2D eigenvalue weighted by molar-refractivity contribution is -0.384. The summed E-state index contributed by atoms with van der Waals surface area (Å²) in [5, 5.41) is 13.9. The molecule has 0 bridgehead atoms. The number of anilines is 2. The molecule has 3 rings (SSSR count). The topological polar surface area (TPSA) is 78.7 Å². The van der Waals surface area contributed by atoms with E-state index in [4.69, 9.17) is 0 Å². The molecule has 1 aliphatic rings. The van der Waals surface area contributed by atoms with Crippen LogP contribution in [0.1, 0.15) is 10.4 Å². The molecule has 8 heteroatoms. The third kappa shape index (κ3) is 3.44. The van der Waals surface area contributed by atoms with Crippen molar-refractivity contribution in [3.8, 4) is 0 Å². The van der Waals surface area contributed by atoms with Crippen molar-refractivity contribution < 1.29 is 14.1 Å². The molecular weight excluding hydrogens is 339 g/mol. The molecule has 1 amide bonds. The Morgan fingerprint density at radius 1 is 1.15 bits per heavy atom. The maximum atomic E-state index is 13.9. The monoisotopic (exact) mass is 358 g/mol. The molecule has 7 nitrogen and oxygen atoms in total. The number of benzene rings is 2. The quantitative estimate of drug-likeness (QED) is 0.672. The van der Waals surface area contributed by atoms with Crippen LogP contribution in [-0.4, -0.2) is 49.0 Å². The molecule has 26 heavy (non-hydrogen) atoms. The highest BCUT2D eigenvalue weighted by atomic mass is 19.1. The first-order valence-electron chi connectivity index (χ1n) is 8.26. The first-order valence-corrected chi connectivity index (χ1v) is 8.26. The van der Waals surface area contributed by atoms with E-state index in [2.05, 4.69) is 5.32 Å². The molecule has 1 aliphatic heterocycles. The number of carbonyl (C=O) groups is 1. The summed E-state index contributed by atoms with van der Waals surface area (Å²) >= 11 is 0. The number of hydrogen-bond donors (Lipinski definition) is 1. The van der Waals surface area contributed by atoms with Crippen LogP contribution in [0.15, 0.2) is 42.5 Å². The van der Waals surface area contributed by atoms with Gasteiger partial charge in [-0.25, -0.2) is 4.39 Å². The van der Waals surface area contributed by atoms with Crippen molar-refractivity contribution in [2.75, 3.05) is 43.4 Å². The molecule has 136 valence electrons. The first-order chi connectivity index (χ1) is 12.5. The van der Waals surface area contributed by atoms with Crippen molar-refractivity contribution in [1.82, 2.24) is 4.90 Å². The standard InChI is InChI=1S/C18H19FN4O3/c1-20-15-7-6-13(12-17(15)23(25)26)18(24)22-10-8-21(9-11-22)16-5-3-2-4-14(16)19/h2-7,12,20H,8-11H2,1H3. The van der Waals surface area contributed by atoms with Crippen LogP contribution >= 0.6 is 0 Å². The van der Waals surface area contributed by atoms with Crippen LogP contribution in [0.25, 0.3) is 0 Å². The summed E-state index contributed by atoms with van der Waals surface area (Å²) in [5.74, 6) is -0.547. The molecule has 0 aliphatic carbocycles. The van der Waals surface area contributed by atoms with Gasteiger partial charge in [0.1, 0.15) is 11.5 Å². The molecule has 1 saturated heterocycles. The van der Waals surface area contributed by atoms with Crippen molar-refractivity contribution >= 4 is 23.0 Å². The van der Waals surface area contributed by atoms with Gasteiger partial charge in [0.25, 0.3) is 11.6 Å². The van der Waals surface area contributed by atoms with E-state index in [0.717, 1.165) is 0 Å². The fourth-order valence-electron chi connectivity index (χ4n) is 3.07. The van der Waals surface area contributed by atoms with Crippen LogP contribution in [0.2, 0.25) is 0 Å². The predicted molar refractivity (Wildman–Crippen MR) is 97.2 cm³/mol. The van der Waals surface area contributed by atoms with E-state index >= 15 is 0 Å². The molecule has 0 radical (unpaired) electrons. The SMILES string of the molecule is CNc1ccc(C(=O)N2CCN(c3ccccc3F)CC2)cc1[N+](=O)[O-]. The summed E-state index contributed by atoms with van der Waals surface area (Å²) in [6.07, 6.45) is 0. The largest absolute Gasteiger partial charge is 0.383 e. The Morgan fingerprint density at radius 3 is 2.46 bits per heavy atom. The van der Waals surface area contributed by atoms with Crippen molar-refractivity contribution in [2.24, 2.45) is 0 Å². The number of nitro groups is 1. The van der Waals surface area contributed by atoms with Crippen molar-refractivity contribution in [1.29, 1.82) is 0 Å². The number of piperazine rings is 1. The number of nitro benzene ring substituents is 1. The van der Waals surface area contributed by atoms with Gasteiger partial charge in [-0.2, -0.15) is 0 Å². The van der Waals surface area contributed by atoms with Crippen LogP contribution in [0, 0.1) is 15.9 Å². The van der Waals surface area contributed by atoms with Crippen LogP contribution in [0.5, 0.6) is 0 Å². The van der Waals surface area contributed by atoms with Gasteiger partial charge in [-0.3, -0.25) is 14.9 Å². The summed E-state index contributed by atoms with van der Waals surface area (Å²) in [6, 6.07) is 10.9. The van der Waals surface area contributed by atoms with Crippen LogP contribution in [0.3, 0.4) is 0 Å². The molecule has 2 aromatic carbocycles. The number of nitrogens with one attached hydrogen (secondary N) is 1. The highest BCUT2D eigenvalue weighted by Gasteiger charge is 2.25. The van der Waals surface area contributed by atoms with Crippen LogP contribution in [-0.2, 0) is 0 Å². The zero-order valence-electron chi connectivity index (χ0n) is 14.3. The van der Waals surface area contributed by atoms with Gasteiger partial charge in [0, 0.05) is 44.9 Å². The second kappa shape index (κ2) is 7.38. The Hall–Kier alpha value is -3.16. The average molecular weight is 358 g/mol. The summed E-state index contributed by atoms with van der Waals surface area (Å²) in [5.41, 5.74) is 1.02. The zero-order valence-corrected chi connectivity index (χ0v) is 14.3. The lowest BCUT2D eigenvalue weighted by Crippen LogP contribution is -2.49. The number of nitrogens with zero attached hydrogens (tertiary/aromatic N) is 3. The predicted octanol–water partition coefficient (Wildman–Crippen LogP) is 2.74. The van der Waals surface area contributed by atoms with Gasteiger partial charge < -0.3 is 15.1 Å². The Kier molecular flexibility index (Phi) is 5.01. The molecule has 0 aromatic heterocycles. The normalized spacial score (nSPS) is 14.2. The van der Waals surface area contributed by atoms with E-state index in [1.54, 1.807) is 36.2 Å². The van der Waals surface area contributed by atoms with Gasteiger partial charge in [-0.15, -0.1) is 0 Å². The summed E-state index contributed by atoms with van der Waals surface area (Å²) in [4.78, 5) is 26.9. The third-order valence-electron chi connectivity index (χ3n) is 4.47. The number of halogens is 1. The number of amides is 1. The Balaban J connectivity index is 1.72. The first kappa shape index (κ1) is 17.7. The minimum absolute atomic E-state index is 0.136. The zero-order chi connectivity index (χ0) is 18.7. The van der Waals surface area contributed by atoms with E-state index in [9.17, 15) is 19.3 Å². The highest BCUT2D eigenvalue weighted by Crippen LogP contribution is 2.26. The average Bonchev–Trinajstić information content (AvgIpc) is 2.67. The minimum atomic E-state index is -0.515. The van der Waals surface area contributed by atoms with Crippen LogP contribution < -0.4 is 10.2 Å². The highest BCUT2D eigenvalue weighted by molar-refractivity contribution is 5.96. The van der Waals surface area contributed by atoms with E-state index in [-0.39, 0.29) is 23.0 Å². The van der Waals surface area contributed by atoms with E-state index in [1.165, 1.54) is 18.2 Å². The lowest BCUT2D eigenvalue weighted by atomic mass is 10.1. The van der Waals surface area contributed by atoms with Gasteiger partial charge >= 0.3 is 0 Å². The number of rotatable bonds is 4. The summed E-state index contributed by atoms with van der Waals surface area (Å²) in [6.45, 7) is 1.86. The third-order valence-corrected chi connectivity index (χ3v) is 4.47. The molecule has 1 fully saturated rings. The van der Waals surface area contributed by atoms with Gasteiger partial charge in [-0.05, 0) is 24.3 Å². The van der Waals surface area contributed by atoms with Gasteiger partial charge in [0.15, 0.2) is 0 Å². The summed E-state index contributed by atoms with van der Waals surface area (Å²) < 4.78 is 13.9. The minimum Gasteiger partial charge on any atom is -0.383 e. The molecule has 0 atom stereocenters. The maximum Gasteiger partial charge on any atom is 0.293 e. The van der Waals surface area contributed by atoms with Gasteiger partial charge in [0.2, 0.25) is 0 Å². The van der Waals surface area contributed by atoms with Crippen molar-refractivity contribution in [2.45, 2.75) is 0 Å². The van der Waals surface area contributed by atoms with Crippen molar-refractivity contribution in [3.63, 3.8) is 0 Å². The summed E-state index contributed by atoms with van der Waals surface area (Å²) in [7, 11) is 1.59. The number of hydrogen-bond acceptors (Lipinski definition) is 5. The van der Waals surface area contributed by atoms with Gasteiger partial charge in [-0.1, -0.05) is 12.1 Å². The maximum absolute atomic E-state index is 13.9. The Labute approximate surface area is 150 Å². The fraction of sp³-hybridized carbons (Fsp3) is 0.278. The van der Waals surface area contributed by atoms with Gasteiger partial charge in [0.05, 0.1) is 10.6 Å². The Morgan fingerprint density at radius 2 is 1.85 bits per heavy atom. The number of carbonyl (C=O) groups excluding carboxylic acids is 1. The Bertz CT molecular complexity index is 835. The van der Waals surface area contributed by atoms with E-state index in [1.807, 2.05) is 4.90 Å². The number of para-hydroxylation sites is 1. The lowest BCUT2D eigenvalue weighted by Gasteiger charge is -2.36. The molecule has 0 unspecified atom stereocenters. The molecule has 1 heterocycles. The second-order valence-corrected chi connectivity index (χ2v) is 5.97. The van der Waals surface area contributed by atoms with Crippen molar-refractivity contribution in [3.05, 3.63) is 64.0 Å². The second-order valence-electron chi connectivity index (χ2n) is 5.97. The molecule has 1 N–H and O–H groups in total.